The average molecular weight is 317 g/mol. The standard InChI is InChI=1S/C7H5Br2F2NO/c8-2-3-1-4(6(10)11)5(9)7(13)12-3/h1,6H,2H2,(H,12,13). The van der Waals surface area contributed by atoms with Gasteiger partial charge in [0.15, 0.2) is 0 Å². The van der Waals surface area contributed by atoms with Gasteiger partial charge in [-0.2, -0.15) is 0 Å². The largest absolute Gasteiger partial charge is 0.324 e. The Morgan fingerprint density at radius 1 is 1.54 bits per heavy atom. The van der Waals surface area contributed by atoms with E-state index < -0.39 is 12.0 Å². The predicted molar refractivity (Wildman–Crippen MR) is 52.4 cm³/mol. The monoisotopic (exact) mass is 315 g/mol. The summed E-state index contributed by atoms with van der Waals surface area (Å²) < 4.78 is 24.5. The summed E-state index contributed by atoms with van der Waals surface area (Å²) >= 11 is 5.87. The summed E-state index contributed by atoms with van der Waals surface area (Å²) in [5.74, 6) is 0. The molecular formula is C7H5Br2F2NO. The molecule has 0 aliphatic carbocycles. The third-order valence-corrected chi connectivity index (χ3v) is 2.86. The number of alkyl halides is 3. The van der Waals surface area contributed by atoms with Crippen LogP contribution in [-0.2, 0) is 5.33 Å². The van der Waals surface area contributed by atoms with E-state index >= 15 is 0 Å². The highest BCUT2D eigenvalue weighted by Gasteiger charge is 2.15. The van der Waals surface area contributed by atoms with Gasteiger partial charge >= 0.3 is 0 Å². The van der Waals surface area contributed by atoms with E-state index in [1.807, 2.05) is 0 Å². The molecule has 0 amide bonds. The second-order valence-electron chi connectivity index (χ2n) is 2.33. The zero-order valence-electron chi connectivity index (χ0n) is 6.28. The first kappa shape index (κ1) is 10.8. The van der Waals surface area contributed by atoms with Gasteiger partial charge in [0.2, 0.25) is 0 Å². The second kappa shape index (κ2) is 4.32. The quantitative estimate of drug-likeness (QED) is 0.836. The zero-order valence-corrected chi connectivity index (χ0v) is 9.45. The first-order valence-corrected chi connectivity index (χ1v) is 5.23. The fourth-order valence-electron chi connectivity index (χ4n) is 0.850. The molecule has 1 aromatic heterocycles. The molecule has 0 bridgehead atoms. The van der Waals surface area contributed by atoms with Gasteiger partial charge in [-0.05, 0) is 22.0 Å². The van der Waals surface area contributed by atoms with Crippen LogP contribution in [0.15, 0.2) is 15.3 Å². The van der Waals surface area contributed by atoms with Crippen molar-refractivity contribution in [2.75, 3.05) is 0 Å². The molecule has 0 aliphatic rings. The summed E-state index contributed by atoms with van der Waals surface area (Å²) in [6.07, 6.45) is -2.64. The average Bonchev–Trinajstić information content (AvgIpc) is 2.09. The lowest BCUT2D eigenvalue weighted by atomic mass is 10.2. The number of pyridine rings is 1. The van der Waals surface area contributed by atoms with Gasteiger partial charge in [0.25, 0.3) is 12.0 Å². The number of aromatic nitrogens is 1. The van der Waals surface area contributed by atoms with E-state index in [-0.39, 0.29) is 10.0 Å². The van der Waals surface area contributed by atoms with Crippen molar-refractivity contribution in [3.63, 3.8) is 0 Å². The highest BCUT2D eigenvalue weighted by Crippen LogP contribution is 2.25. The molecule has 0 aromatic carbocycles. The van der Waals surface area contributed by atoms with E-state index in [0.29, 0.717) is 11.0 Å². The molecule has 0 atom stereocenters. The fraction of sp³-hybridized carbons (Fsp3) is 0.286. The summed E-state index contributed by atoms with van der Waals surface area (Å²) in [6, 6.07) is 1.25. The van der Waals surface area contributed by atoms with Crippen LogP contribution in [0.3, 0.4) is 0 Å². The van der Waals surface area contributed by atoms with Gasteiger partial charge < -0.3 is 4.98 Å². The smallest absolute Gasteiger partial charge is 0.265 e. The number of rotatable bonds is 2. The Kier molecular flexibility index (Phi) is 3.61. The molecule has 0 radical (unpaired) electrons. The number of halogens is 4. The van der Waals surface area contributed by atoms with Crippen LogP contribution in [0.4, 0.5) is 8.78 Å². The van der Waals surface area contributed by atoms with Gasteiger partial charge in [-0.3, -0.25) is 4.79 Å². The molecule has 1 N–H and O–H groups in total. The number of aromatic amines is 1. The molecule has 0 saturated carbocycles. The first-order chi connectivity index (χ1) is 6.06. The fourth-order valence-corrected chi connectivity index (χ4v) is 1.54. The van der Waals surface area contributed by atoms with Crippen molar-refractivity contribution in [3.05, 3.63) is 32.2 Å². The molecule has 0 spiro atoms. The molecule has 1 rings (SSSR count). The molecule has 6 heteroatoms. The van der Waals surface area contributed by atoms with Crippen LogP contribution >= 0.6 is 31.9 Å². The third-order valence-electron chi connectivity index (χ3n) is 1.44. The van der Waals surface area contributed by atoms with Crippen LogP contribution in [0.2, 0.25) is 0 Å². The number of hydrogen-bond donors (Lipinski definition) is 1. The van der Waals surface area contributed by atoms with Crippen LogP contribution in [-0.4, -0.2) is 4.98 Å². The predicted octanol–water partition coefficient (Wildman–Crippen LogP) is 2.97. The molecule has 0 aliphatic heterocycles. The van der Waals surface area contributed by atoms with Gasteiger partial charge in [0.1, 0.15) is 0 Å². The van der Waals surface area contributed by atoms with Gasteiger partial charge in [0, 0.05) is 16.6 Å². The van der Waals surface area contributed by atoms with Crippen LogP contribution in [0.25, 0.3) is 0 Å². The number of hydrogen-bond acceptors (Lipinski definition) is 1. The lowest BCUT2D eigenvalue weighted by Crippen LogP contribution is -2.12. The van der Waals surface area contributed by atoms with Crippen LogP contribution in [0.5, 0.6) is 0 Å². The van der Waals surface area contributed by atoms with Crippen molar-refractivity contribution in [2.24, 2.45) is 0 Å². The molecule has 13 heavy (non-hydrogen) atoms. The third kappa shape index (κ3) is 2.37. The highest BCUT2D eigenvalue weighted by molar-refractivity contribution is 9.10. The lowest BCUT2D eigenvalue weighted by Gasteiger charge is -2.04. The van der Waals surface area contributed by atoms with Gasteiger partial charge in [0.05, 0.1) is 4.47 Å². The minimum absolute atomic E-state index is 0.104. The molecule has 1 heterocycles. The van der Waals surface area contributed by atoms with Crippen molar-refractivity contribution in [2.45, 2.75) is 11.8 Å². The SMILES string of the molecule is O=c1[nH]c(CBr)cc(C(F)F)c1Br. The Morgan fingerprint density at radius 2 is 2.15 bits per heavy atom. The van der Waals surface area contributed by atoms with Crippen molar-refractivity contribution in [1.82, 2.24) is 4.98 Å². The van der Waals surface area contributed by atoms with Crippen LogP contribution in [0.1, 0.15) is 17.7 Å². The lowest BCUT2D eigenvalue weighted by molar-refractivity contribution is 0.150. The molecule has 0 unspecified atom stereocenters. The Labute approximate surface area is 89.6 Å². The van der Waals surface area contributed by atoms with E-state index in [1.54, 1.807) is 0 Å². The number of nitrogens with one attached hydrogen (secondary N) is 1. The molecule has 0 saturated heterocycles. The summed E-state index contributed by atoms with van der Waals surface area (Å²) in [5, 5.41) is 0.342. The topological polar surface area (TPSA) is 32.9 Å². The second-order valence-corrected chi connectivity index (χ2v) is 3.68. The van der Waals surface area contributed by atoms with E-state index in [0.717, 1.165) is 0 Å². The Bertz CT molecular complexity index is 364. The van der Waals surface area contributed by atoms with E-state index in [2.05, 4.69) is 36.8 Å². The van der Waals surface area contributed by atoms with Crippen molar-refractivity contribution >= 4 is 31.9 Å². The van der Waals surface area contributed by atoms with E-state index in [9.17, 15) is 13.6 Å². The highest BCUT2D eigenvalue weighted by atomic mass is 79.9. The molecular weight excluding hydrogens is 312 g/mol. The van der Waals surface area contributed by atoms with E-state index in [1.165, 1.54) is 6.07 Å². The normalized spacial score (nSPS) is 10.8. The Balaban J connectivity index is 3.33. The minimum Gasteiger partial charge on any atom is -0.324 e. The van der Waals surface area contributed by atoms with Gasteiger partial charge in [-0.1, -0.05) is 15.9 Å². The van der Waals surface area contributed by atoms with Gasteiger partial charge in [-0.15, -0.1) is 0 Å². The Morgan fingerprint density at radius 3 is 2.62 bits per heavy atom. The van der Waals surface area contributed by atoms with Crippen LogP contribution in [0, 0.1) is 0 Å². The summed E-state index contributed by atoms with van der Waals surface area (Å²) in [5.41, 5.74) is -0.381. The first-order valence-electron chi connectivity index (χ1n) is 3.32. The van der Waals surface area contributed by atoms with Crippen molar-refractivity contribution < 1.29 is 8.78 Å². The molecule has 72 valence electrons. The van der Waals surface area contributed by atoms with Crippen LogP contribution < -0.4 is 5.56 Å². The van der Waals surface area contributed by atoms with Crippen molar-refractivity contribution in [1.29, 1.82) is 0 Å². The summed E-state index contributed by atoms with van der Waals surface area (Å²) in [7, 11) is 0. The van der Waals surface area contributed by atoms with Crippen molar-refractivity contribution in [3.8, 4) is 0 Å². The van der Waals surface area contributed by atoms with E-state index in [4.69, 9.17) is 0 Å². The number of H-pyrrole nitrogens is 1. The zero-order chi connectivity index (χ0) is 10.0. The maximum absolute atomic E-state index is 12.3. The molecule has 0 fully saturated rings. The molecule has 1 aromatic rings. The van der Waals surface area contributed by atoms with Gasteiger partial charge in [-0.25, -0.2) is 8.78 Å². The summed E-state index contributed by atoms with van der Waals surface area (Å²) in [6.45, 7) is 0. The minimum atomic E-state index is -2.64. The maximum Gasteiger partial charge on any atom is 0.265 e. The Hall–Kier alpha value is -0.230. The summed E-state index contributed by atoms with van der Waals surface area (Å²) in [4.78, 5) is 13.5. The molecule has 2 nitrogen and oxygen atoms in total. The maximum atomic E-state index is 12.3.